The number of aliphatic hydroxyl groups is 1. The van der Waals surface area contributed by atoms with E-state index >= 15 is 0 Å². The summed E-state index contributed by atoms with van der Waals surface area (Å²) in [5, 5.41) is 20.4. The number of likely N-dealkylation sites (tertiary alicyclic amines) is 1. The Morgan fingerprint density at radius 3 is 2.47 bits per heavy atom. The van der Waals surface area contributed by atoms with Gasteiger partial charge in [-0.1, -0.05) is 0 Å². The minimum absolute atomic E-state index is 0.106. The number of amides is 2. The van der Waals surface area contributed by atoms with Crippen molar-refractivity contribution in [3.05, 3.63) is 0 Å². The van der Waals surface area contributed by atoms with Crippen molar-refractivity contribution >= 4 is 17.8 Å². The quantitative estimate of drug-likeness (QED) is 0.563. The van der Waals surface area contributed by atoms with Crippen LogP contribution in [0.4, 0.5) is 0 Å². The molecule has 1 heterocycles. The van der Waals surface area contributed by atoms with Crippen molar-refractivity contribution < 1.29 is 24.6 Å². The van der Waals surface area contributed by atoms with Gasteiger partial charge in [-0.15, -0.1) is 0 Å². The molecule has 96 valence electrons. The van der Waals surface area contributed by atoms with Gasteiger partial charge in [0.15, 0.2) is 0 Å². The maximum Gasteiger partial charge on any atom is 0.325 e. The second kappa shape index (κ2) is 5.13. The number of nitrogens with zero attached hydrogens (tertiary/aromatic N) is 1. The Hall–Kier alpha value is -1.63. The maximum absolute atomic E-state index is 11.7. The molecule has 0 aromatic rings. The number of hydrogen-bond donors (Lipinski definition) is 3. The van der Waals surface area contributed by atoms with Crippen molar-refractivity contribution in [2.75, 3.05) is 6.54 Å². The van der Waals surface area contributed by atoms with E-state index in [0.717, 1.165) is 0 Å². The van der Waals surface area contributed by atoms with Gasteiger partial charge in [0.1, 0.15) is 12.1 Å². The van der Waals surface area contributed by atoms with Crippen LogP contribution in [0.1, 0.15) is 20.3 Å². The molecule has 0 bridgehead atoms. The molecule has 0 spiro atoms. The third-order valence-corrected chi connectivity index (χ3v) is 2.72. The van der Waals surface area contributed by atoms with Gasteiger partial charge in [-0.2, -0.15) is 0 Å². The maximum atomic E-state index is 11.7. The van der Waals surface area contributed by atoms with Crippen LogP contribution in [0, 0.1) is 0 Å². The van der Waals surface area contributed by atoms with Crippen LogP contribution >= 0.6 is 0 Å². The Morgan fingerprint density at radius 2 is 2.00 bits per heavy atom. The standard InChI is InChI=1S/C10H16N2O5/c1-5(10(16)17)11-9(15)8-3-7(14)4-12(8)6(2)13/h5,7-8,14H,3-4H2,1-2H3,(H,11,15)(H,16,17)/t5-,7-,8+/m1/s1. The number of rotatable bonds is 3. The summed E-state index contributed by atoms with van der Waals surface area (Å²) < 4.78 is 0. The first kappa shape index (κ1) is 13.4. The predicted molar refractivity (Wildman–Crippen MR) is 57.0 cm³/mol. The van der Waals surface area contributed by atoms with Gasteiger partial charge in [0.2, 0.25) is 11.8 Å². The first-order valence-corrected chi connectivity index (χ1v) is 5.31. The van der Waals surface area contributed by atoms with Crippen molar-refractivity contribution in [1.82, 2.24) is 10.2 Å². The monoisotopic (exact) mass is 244 g/mol. The third-order valence-electron chi connectivity index (χ3n) is 2.72. The molecule has 3 N–H and O–H groups in total. The normalized spacial score (nSPS) is 25.5. The second-order valence-electron chi connectivity index (χ2n) is 4.15. The van der Waals surface area contributed by atoms with Crippen LogP contribution in [0.25, 0.3) is 0 Å². The molecular formula is C10H16N2O5. The van der Waals surface area contributed by atoms with Crippen molar-refractivity contribution in [1.29, 1.82) is 0 Å². The molecule has 1 aliphatic rings. The van der Waals surface area contributed by atoms with E-state index in [2.05, 4.69) is 5.32 Å². The SMILES string of the molecule is CC(=O)N1C[C@H](O)C[C@H]1C(=O)N[C@H](C)C(=O)O. The van der Waals surface area contributed by atoms with Crippen molar-refractivity contribution in [3.8, 4) is 0 Å². The zero-order valence-corrected chi connectivity index (χ0v) is 9.71. The highest BCUT2D eigenvalue weighted by atomic mass is 16.4. The Balaban J connectivity index is 2.67. The number of carbonyl (C=O) groups is 3. The van der Waals surface area contributed by atoms with Crippen LogP contribution in [-0.4, -0.2) is 57.6 Å². The van der Waals surface area contributed by atoms with Gasteiger partial charge in [0.05, 0.1) is 6.10 Å². The molecule has 1 fully saturated rings. The molecule has 7 heteroatoms. The first-order valence-electron chi connectivity index (χ1n) is 5.31. The van der Waals surface area contributed by atoms with Crippen LogP contribution in [-0.2, 0) is 14.4 Å². The van der Waals surface area contributed by atoms with Crippen LogP contribution in [0.3, 0.4) is 0 Å². The molecule has 0 radical (unpaired) electrons. The highest BCUT2D eigenvalue weighted by Gasteiger charge is 2.38. The molecule has 0 saturated carbocycles. The average Bonchev–Trinajstić information content (AvgIpc) is 2.60. The zero-order chi connectivity index (χ0) is 13.2. The fourth-order valence-electron chi connectivity index (χ4n) is 1.78. The van der Waals surface area contributed by atoms with Crippen LogP contribution in [0.5, 0.6) is 0 Å². The number of carbonyl (C=O) groups excluding carboxylic acids is 2. The minimum Gasteiger partial charge on any atom is -0.480 e. The average molecular weight is 244 g/mol. The molecule has 0 aliphatic carbocycles. The summed E-state index contributed by atoms with van der Waals surface area (Å²) in [7, 11) is 0. The van der Waals surface area contributed by atoms with Crippen molar-refractivity contribution in [2.24, 2.45) is 0 Å². The molecule has 0 unspecified atom stereocenters. The lowest BCUT2D eigenvalue weighted by molar-refractivity contribution is -0.143. The number of aliphatic carboxylic acids is 1. The molecule has 3 atom stereocenters. The van der Waals surface area contributed by atoms with Crippen LogP contribution < -0.4 is 5.32 Å². The lowest BCUT2D eigenvalue weighted by Crippen LogP contribution is -2.49. The summed E-state index contributed by atoms with van der Waals surface area (Å²) in [6.45, 7) is 2.75. The Morgan fingerprint density at radius 1 is 1.41 bits per heavy atom. The number of carboxylic acid groups (broad SMARTS) is 1. The van der Waals surface area contributed by atoms with Gasteiger partial charge in [-0.3, -0.25) is 14.4 Å². The number of hydrogen-bond acceptors (Lipinski definition) is 4. The molecule has 1 rings (SSSR count). The van der Waals surface area contributed by atoms with Gasteiger partial charge in [0, 0.05) is 19.9 Å². The van der Waals surface area contributed by atoms with E-state index in [4.69, 9.17) is 5.11 Å². The zero-order valence-electron chi connectivity index (χ0n) is 9.71. The van der Waals surface area contributed by atoms with E-state index < -0.39 is 30.1 Å². The summed E-state index contributed by atoms with van der Waals surface area (Å²) in [4.78, 5) is 34.8. The number of aliphatic hydroxyl groups excluding tert-OH is 1. The molecular weight excluding hydrogens is 228 g/mol. The third kappa shape index (κ3) is 3.16. The van der Waals surface area contributed by atoms with E-state index in [1.807, 2.05) is 0 Å². The van der Waals surface area contributed by atoms with E-state index in [1.165, 1.54) is 18.7 Å². The van der Waals surface area contributed by atoms with Crippen molar-refractivity contribution in [3.63, 3.8) is 0 Å². The number of β-amino-alcohol motifs (C(OH)–C–C–N with tert-alkyl or cyclic N) is 1. The van der Waals surface area contributed by atoms with E-state index in [1.54, 1.807) is 0 Å². The highest BCUT2D eigenvalue weighted by Crippen LogP contribution is 2.18. The second-order valence-corrected chi connectivity index (χ2v) is 4.15. The summed E-state index contributed by atoms with van der Waals surface area (Å²) >= 11 is 0. The first-order chi connectivity index (χ1) is 7.82. The lowest BCUT2D eigenvalue weighted by Gasteiger charge is -2.22. The summed E-state index contributed by atoms with van der Waals surface area (Å²) in [6.07, 6.45) is -0.604. The Labute approximate surface area is 98.4 Å². The smallest absolute Gasteiger partial charge is 0.325 e. The van der Waals surface area contributed by atoms with E-state index in [-0.39, 0.29) is 18.9 Å². The van der Waals surface area contributed by atoms with Gasteiger partial charge in [0.25, 0.3) is 0 Å². The summed E-state index contributed by atoms with van der Waals surface area (Å²) in [5.74, 6) is -2.01. The summed E-state index contributed by atoms with van der Waals surface area (Å²) in [5.41, 5.74) is 0. The van der Waals surface area contributed by atoms with E-state index in [0.29, 0.717) is 0 Å². The lowest BCUT2D eigenvalue weighted by atomic mass is 10.1. The van der Waals surface area contributed by atoms with Gasteiger partial charge in [-0.25, -0.2) is 0 Å². The molecule has 1 aliphatic heterocycles. The molecule has 1 saturated heterocycles. The van der Waals surface area contributed by atoms with Gasteiger partial charge >= 0.3 is 5.97 Å². The Bertz CT molecular complexity index is 344. The minimum atomic E-state index is -1.15. The predicted octanol–water partition coefficient (Wildman–Crippen LogP) is -1.44. The fourth-order valence-corrected chi connectivity index (χ4v) is 1.78. The van der Waals surface area contributed by atoms with E-state index in [9.17, 15) is 19.5 Å². The Kier molecular flexibility index (Phi) is 4.06. The molecule has 2 amide bonds. The van der Waals surface area contributed by atoms with Crippen LogP contribution in [0.15, 0.2) is 0 Å². The van der Waals surface area contributed by atoms with Gasteiger partial charge in [-0.05, 0) is 6.92 Å². The van der Waals surface area contributed by atoms with Crippen LogP contribution in [0.2, 0.25) is 0 Å². The molecule has 0 aromatic carbocycles. The number of nitrogens with one attached hydrogen (secondary N) is 1. The highest BCUT2D eigenvalue weighted by molar-refractivity contribution is 5.90. The van der Waals surface area contributed by atoms with Crippen molar-refractivity contribution in [2.45, 2.75) is 38.5 Å². The fraction of sp³-hybridized carbons (Fsp3) is 0.700. The van der Waals surface area contributed by atoms with Gasteiger partial charge < -0.3 is 20.4 Å². The molecule has 0 aromatic heterocycles. The molecule has 7 nitrogen and oxygen atoms in total. The molecule has 17 heavy (non-hydrogen) atoms. The topological polar surface area (TPSA) is 107 Å². The number of carboxylic acids is 1. The summed E-state index contributed by atoms with van der Waals surface area (Å²) in [6, 6.07) is -1.81. The largest absolute Gasteiger partial charge is 0.480 e.